The average molecular weight is 365 g/mol. The van der Waals surface area contributed by atoms with Crippen LogP contribution in [0.2, 0.25) is 0 Å². The predicted octanol–water partition coefficient (Wildman–Crippen LogP) is 3.66. The molecule has 2 rings (SSSR count). The van der Waals surface area contributed by atoms with Crippen LogP contribution in [0, 0.1) is 23.2 Å². The van der Waals surface area contributed by atoms with E-state index < -0.39 is 0 Å². The number of nitrogens with zero attached hydrogens (tertiary/aromatic N) is 1. The van der Waals surface area contributed by atoms with Crippen LogP contribution in [0.15, 0.2) is 48.5 Å². The highest BCUT2D eigenvalue weighted by Gasteiger charge is 2.20. The number of carbonyl (C=O) groups excluding carboxylic acids is 1. The van der Waals surface area contributed by atoms with E-state index in [1.54, 1.807) is 18.2 Å². The Morgan fingerprint density at radius 3 is 2.33 bits per heavy atom. The highest BCUT2D eigenvalue weighted by molar-refractivity contribution is 5.92. The molecule has 0 bridgehead atoms. The fraction of sp³-hybridized carbons (Fsp3) is 0.391. The Morgan fingerprint density at radius 2 is 1.74 bits per heavy atom. The first-order valence-electron chi connectivity index (χ1n) is 9.61. The van der Waals surface area contributed by atoms with Crippen LogP contribution in [0.5, 0.6) is 0 Å². The molecule has 4 nitrogen and oxygen atoms in total. The van der Waals surface area contributed by atoms with Gasteiger partial charge in [-0.1, -0.05) is 64.1 Å². The van der Waals surface area contributed by atoms with Crippen molar-refractivity contribution < 1.29 is 10.1 Å². The number of rotatable bonds is 8. The summed E-state index contributed by atoms with van der Waals surface area (Å²) < 4.78 is 0. The normalized spacial score (nSPS) is 12.0. The standard InChI is InChI=1S/C23H29N3O/c1-16(2)13-18-9-11-19(12-10-18)23(17(3)4)25-15-22(27)26-21-8-6-5-7-20(21)14-24/h5-12,16-17,23,25H,13,15H2,1-4H3,(H,26,27)/p+1/t23-/m0/s1. The number of carbonyl (C=O) groups is 1. The number of nitriles is 1. The van der Waals surface area contributed by atoms with Crippen molar-refractivity contribution in [1.82, 2.24) is 0 Å². The molecule has 0 aliphatic carbocycles. The van der Waals surface area contributed by atoms with Crippen LogP contribution >= 0.6 is 0 Å². The summed E-state index contributed by atoms with van der Waals surface area (Å²) in [5.41, 5.74) is 3.63. The van der Waals surface area contributed by atoms with Gasteiger partial charge in [0.15, 0.2) is 6.54 Å². The monoisotopic (exact) mass is 364 g/mol. The van der Waals surface area contributed by atoms with E-state index >= 15 is 0 Å². The molecule has 0 saturated carbocycles. The maximum Gasteiger partial charge on any atom is 0.279 e. The van der Waals surface area contributed by atoms with Gasteiger partial charge in [0, 0.05) is 11.5 Å². The molecule has 1 amide bonds. The maximum atomic E-state index is 12.4. The van der Waals surface area contributed by atoms with Crippen LogP contribution in [0.1, 0.15) is 50.4 Å². The van der Waals surface area contributed by atoms with Gasteiger partial charge in [-0.05, 0) is 30.0 Å². The minimum absolute atomic E-state index is 0.0974. The first kappa shape index (κ1) is 20.7. The third-order valence-electron chi connectivity index (χ3n) is 4.61. The van der Waals surface area contributed by atoms with Gasteiger partial charge in [-0.15, -0.1) is 0 Å². The number of hydrogen-bond donors (Lipinski definition) is 2. The molecule has 0 aliphatic rings. The molecule has 0 unspecified atom stereocenters. The van der Waals surface area contributed by atoms with Gasteiger partial charge in [-0.3, -0.25) is 4.79 Å². The molecular weight excluding hydrogens is 334 g/mol. The number of benzene rings is 2. The zero-order chi connectivity index (χ0) is 19.8. The topological polar surface area (TPSA) is 69.5 Å². The van der Waals surface area contributed by atoms with Crippen LogP contribution in [0.3, 0.4) is 0 Å². The number of amides is 1. The molecule has 0 aromatic heterocycles. The molecule has 3 N–H and O–H groups in total. The van der Waals surface area contributed by atoms with Gasteiger partial charge in [0.2, 0.25) is 0 Å². The molecule has 27 heavy (non-hydrogen) atoms. The molecular formula is C23H30N3O+. The van der Waals surface area contributed by atoms with Crippen molar-refractivity contribution in [2.24, 2.45) is 11.8 Å². The lowest BCUT2D eigenvalue weighted by Gasteiger charge is -2.20. The predicted molar refractivity (Wildman–Crippen MR) is 109 cm³/mol. The second kappa shape index (κ2) is 9.89. The second-order valence-electron chi connectivity index (χ2n) is 7.75. The molecule has 0 saturated heterocycles. The van der Waals surface area contributed by atoms with Crippen LogP contribution < -0.4 is 10.6 Å². The van der Waals surface area contributed by atoms with Gasteiger partial charge in [0.25, 0.3) is 5.91 Å². The summed E-state index contributed by atoms with van der Waals surface area (Å²) >= 11 is 0. The van der Waals surface area contributed by atoms with E-state index in [0.29, 0.717) is 29.6 Å². The van der Waals surface area contributed by atoms with Crippen molar-refractivity contribution in [2.75, 3.05) is 11.9 Å². The quantitative estimate of drug-likeness (QED) is 0.750. The molecule has 0 spiro atoms. The number of quaternary nitrogens is 1. The summed E-state index contributed by atoms with van der Waals surface area (Å²) in [4.78, 5) is 12.4. The lowest BCUT2D eigenvalue weighted by Crippen LogP contribution is -2.88. The Morgan fingerprint density at radius 1 is 1.07 bits per heavy atom. The van der Waals surface area contributed by atoms with Crippen LogP contribution in [-0.2, 0) is 11.2 Å². The largest absolute Gasteiger partial charge is 0.332 e. The smallest absolute Gasteiger partial charge is 0.279 e. The average Bonchev–Trinajstić information content (AvgIpc) is 2.63. The molecule has 142 valence electrons. The Balaban J connectivity index is 2.00. The Bertz CT molecular complexity index is 788. The Kier molecular flexibility index (Phi) is 7.57. The summed E-state index contributed by atoms with van der Waals surface area (Å²) in [6, 6.07) is 18.1. The van der Waals surface area contributed by atoms with Crippen molar-refractivity contribution in [3.63, 3.8) is 0 Å². The number of para-hydroxylation sites is 1. The van der Waals surface area contributed by atoms with Crippen LogP contribution in [0.25, 0.3) is 0 Å². The zero-order valence-corrected chi connectivity index (χ0v) is 16.7. The highest BCUT2D eigenvalue weighted by Crippen LogP contribution is 2.19. The fourth-order valence-electron chi connectivity index (χ4n) is 3.27. The first-order chi connectivity index (χ1) is 12.9. The van der Waals surface area contributed by atoms with Crippen molar-refractivity contribution in [1.29, 1.82) is 5.26 Å². The Labute approximate surface area is 162 Å². The van der Waals surface area contributed by atoms with Gasteiger partial charge >= 0.3 is 0 Å². The zero-order valence-electron chi connectivity index (χ0n) is 16.7. The van der Waals surface area contributed by atoms with Crippen LogP contribution in [0.4, 0.5) is 5.69 Å². The minimum Gasteiger partial charge on any atom is -0.332 e. The molecule has 0 aliphatic heterocycles. The third-order valence-corrected chi connectivity index (χ3v) is 4.61. The lowest BCUT2D eigenvalue weighted by atomic mass is 9.93. The first-order valence-corrected chi connectivity index (χ1v) is 9.61. The SMILES string of the molecule is CC(C)Cc1ccc([C@@H]([NH2+]CC(=O)Nc2ccccc2C#N)C(C)C)cc1. The van der Waals surface area contributed by atoms with Gasteiger partial charge < -0.3 is 10.6 Å². The molecule has 0 fully saturated rings. The molecule has 0 heterocycles. The van der Waals surface area contributed by atoms with Gasteiger partial charge in [-0.2, -0.15) is 5.26 Å². The minimum atomic E-state index is -0.0974. The highest BCUT2D eigenvalue weighted by atomic mass is 16.1. The van der Waals surface area contributed by atoms with E-state index in [2.05, 4.69) is 68.7 Å². The summed E-state index contributed by atoms with van der Waals surface area (Å²) in [7, 11) is 0. The molecule has 4 heteroatoms. The molecule has 2 aromatic rings. The van der Waals surface area contributed by atoms with Crippen molar-refractivity contribution >= 4 is 11.6 Å². The van der Waals surface area contributed by atoms with E-state index in [0.717, 1.165) is 6.42 Å². The van der Waals surface area contributed by atoms with E-state index in [1.165, 1.54) is 11.1 Å². The number of hydrogen-bond acceptors (Lipinski definition) is 2. The van der Waals surface area contributed by atoms with Crippen molar-refractivity contribution in [3.8, 4) is 6.07 Å². The fourth-order valence-corrected chi connectivity index (χ4v) is 3.27. The third kappa shape index (κ3) is 6.23. The molecule has 1 atom stereocenters. The van der Waals surface area contributed by atoms with E-state index in [-0.39, 0.29) is 11.9 Å². The number of nitrogens with one attached hydrogen (secondary N) is 1. The Hall–Kier alpha value is -2.64. The maximum absolute atomic E-state index is 12.4. The summed E-state index contributed by atoms with van der Waals surface area (Å²) in [5, 5.41) is 14.1. The molecule has 2 aromatic carbocycles. The summed E-state index contributed by atoms with van der Waals surface area (Å²) in [6.45, 7) is 9.11. The number of anilines is 1. The van der Waals surface area contributed by atoms with Crippen molar-refractivity contribution in [3.05, 3.63) is 65.2 Å². The second-order valence-corrected chi connectivity index (χ2v) is 7.75. The summed E-state index contributed by atoms with van der Waals surface area (Å²) in [6.07, 6.45) is 1.08. The van der Waals surface area contributed by atoms with Crippen LogP contribution in [-0.4, -0.2) is 12.5 Å². The van der Waals surface area contributed by atoms with Crippen molar-refractivity contribution in [2.45, 2.75) is 40.2 Å². The van der Waals surface area contributed by atoms with E-state index in [9.17, 15) is 4.79 Å². The van der Waals surface area contributed by atoms with Gasteiger partial charge in [0.05, 0.1) is 11.3 Å². The van der Waals surface area contributed by atoms with E-state index in [4.69, 9.17) is 5.26 Å². The van der Waals surface area contributed by atoms with E-state index in [1.807, 2.05) is 6.07 Å². The number of nitrogens with two attached hydrogens (primary N) is 1. The lowest BCUT2D eigenvalue weighted by molar-refractivity contribution is -0.692. The van der Waals surface area contributed by atoms with Gasteiger partial charge in [-0.25, -0.2) is 0 Å². The molecule has 0 radical (unpaired) electrons. The summed E-state index contributed by atoms with van der Waals surface area (Å²) in [5.74, 6) is 0.947. The van der Waals surface area contributed by atoms with Gasteiger partial charge in [0.1, 0.15) is 12.1 Å².